The van der Waals surface area contributed by atoms with E-state index >= 15 is 0 Å². The average molecular weight is 281 g/mol. The van der Waals surface area contributed by atoms with E-state index in [0.717, 1.165) is 6.42 Å². The fourth-order valence-electron chi connectivity index (χ4n) is 3.39. The van der Waals surface area contributed by atoms with Crippen molar-refractivity contribution >= 4 is 11.9 Å². The molecule has 0 aliphatic heterocycles. The molecule has 2 aliphatic carbocycles. The molecule has 2 bridgehead atoms. The van der Waals surface area contributed by atoms with Crippen LogP contribution in [0.4, 0.5) is 0 Å². The molecule has 1 saturated carbocycles. The smallest absolute Gasteiger partial charge is 0.307 e. The minimum Gasteiger partial charge on any atom is -0.481 e. The normalized spacial score (nSPS) is 31.6. The second-order valence-electron chi connectivity index (χ2n) is 5.99. The number of hydrogen-bond acceptors (Lipinski definition) is 3. The van der Waals surface area contributed by atoms with E-state index in [1.165, 1.54) is 0 Å². The molecular weight excluding hydrogens is 258 g/mol. The minimum atomic E-state index is -0.901. The number of amides is 1. The summed E-state index contributed by atoms with van der Waals surface area (Å²) in [5.74, 6) is -2.26. The maximum atomic E-state index is 12.3. The van der Waals surface area contributed by atoms with Gasteiger partial charge in [0.1, 0.15) is 0 Å². The number of aliphatic hydroxyl groups is 1. The van der Waals surface area contributed by atoms with E-state index < -0.39 is 23.4 Å². The lowest BCUT2D eigenvalue weighted by Gasteiger charge is -2.28. The van der Waals surface area contributed by atoms with Gasteiger partial charge in [0.05, 0.1) is 17.4 Å². The van der Waals surface area contributed by atoms with E-state index in [2.05, 4.69) is 5.32 Å². The molecule has 5 heteroatoms. The summed E-state index contributed by atoms with van der Waals surface area (Å²) in [4.78, 5) is 23.7. The van der Waals surface area contributed by atoms with Crippen LogP contribution in [0.25, 0.3) is 0 Å². The van der Waals surface area contributed by atoms with Crippen LogP contribution >= 0.6 is 0 Å². The molecule has 0 aromatic carbocycles. The average Bonchev–Trinajstić information content (AvgIpc) is 3.04. The number of carboxylic acids is 1. The van der Waals surface area contributed by atoms with Gasteiger partial charge in [0, 0.05) is 6.54 Å². The summed E-state index contributed by atoms with van der Waals surface area (Å²) in [5, 5.41) is 22.2. The fourth-order valence-corrected chi connectivity index (χ4v) is 3.39. The number of fused-ring (bicyclic) bond motifs is 2. The van der Waals surface area contributed by atoms with Gasteiger partial charge in [0.2, 0.25) is 5.91 Å². The minimum absolute atomic E-state index is 0.0236. The van der Waals surface area contributed by atoms with Gasteiger partial charge in [-0.2, -0.15) is 0 Å². The van der Waals surface area contributed by atoms with E-state index in [4.69, 9.17) is 0 Å². The number of rotatable bonds is 6. The summed E-state index contributed by atoms with van der Waals surface area (Å²) in [7, 11) is 0. The van der Waals surface area contributed by atoms with Gasteiger partial charge in [-0.15, -0.1) is 0 Å². The summed E-state index contributed by atoms with van der Waals surface area (Å²) in [6, 6.07) is 0. The Morgan fingerprint density at radius 1 is 1.20 bits per heavy atom. The predicted octanol–water partition coefficient (Wildman–Crippen LogP) is 1.18. The number of aliphatic carboxylic acids is 1. The SMILES string of the molecule is CCC(O)(CC)CNC(=O)[C@H]1C2C=CC(C2)[C@H]1C(=O)O. The van der Waals surface area contributed by atoms with Crippen molar-refractivity contribution in [2.75, 3.05) is 6.54 Å². The zero-order valence-electron chi connectivity index (χ0n) is 12.0. The monoisotopic (exact) mass is 281 g/mol. The summed E-state index contributed by atoms with van der Waals surface area (Å²) < 4.78 is 0. The van der Waals surface area contributed by atoms with E-state index in [0.29, 0.717) is 12.8 Å². The van der Waals surface area contributed by atoms with Gasteiger partial charge in [0.15, 0.2) is 0 Å². The molecular formula is C15H23NO4. The quantitative estimate of drug-likeness (QED) is 0.638. The van der Waals surface area contributed by atoms with Crippen LogP contribution in [0.15, 0.2) is 12.2 Å². The lowest BCUT2D eigenvalue weighted by Crippen LogP contribution is -2.47. The zero-order valence-corrected chi connectivity index (χ0v) is 12.0. The molecule has 1 fully saturated rings. The third-order valence-corrected chi connectivity index (χ3v) is 4.96. The van der Waals surface area contributed by atoms with Crippen LogP contribution in [-0.2, 0) is 9.59 Å². The number of carbonyl (C=O) groups excluding carboxylic acids is 1. The molecule has 112 valence electrons. The number of carboxylic acid groups (broad SMARTS) is 1. The number of allylic oxidation sites excluding steroid dienone is 2. The van der Waals surface area contributed by atoms with Gasteiger partial charge < -0.3 is 15.5 Å². The van der Waals surface area contributed by atoms with Crippen molar-refractivity contribution in [1.29, 1.82) is 0 Å². The molecule has 0 spiro atoms. The highest BCUT2D eigenvalue weighted by Crippen LogP contribution is 2.48. The van der Waals surface area contributed by atoms with Crippen LogP contribution in [0.3, 0.4) is 0 Å². The maximum absolute atomic E-state index is 12.3. The Kier molecular flexibility index (Phi) is 4.18. The van der Waals surface area contributed by atoms with E-state index in [-0.39, 0.29) is 24.3 Å². The third-order valence-electron chi connectivity index (χ3n) is 4.96. The van der Waals surface area contributed by atoms with Crippen molar-refractivity contribution in [3.8, 4) is 0 Å². The molecule has 2 aliphatic rings. The highest BCUT2D eigenvalue weighted by Gasteiger charge is 2.51. The second kappa shape index (κ2) is 5.56. The number of carbonyl (C=O) groups is 2. The van der Waals surface area contributed by atoms with Crippen LogP contribution in [-0.4, -0.2) is 34.2 Å². The van der Waals surface area contributed by atoms with Crippen molar-refractivity contribution in [3.63, 3.8) is 0 Å². The first-order valence-corrected chi connectivity index (χ1v) is 7.33. The van der Waals surface area contributed by atoms with Gasteiger partial charge in [-0.25, -0.2) is 0 Å². The van der Waals surface area contributed by atoms with Crippen LogP contribution < -0.4 is 5.32 Å². The fraction of sp³-hybridized carbons (Fsp3) is 0.733. The summed E-state index contributed by atoms with van der Waals surface area (Å²) in [6.07, 6.45) is 5.74. The largest absolute Gasteiger partial charge is 0.481 e. The number of nitrogens with one attached hydrogen (secondary N) is 1. The molecule has 3 N–H and O–H groups in total. The summed E-state index contributed by atoms with van der Waals surface area (Å²) in [5.41, 5.74) is -0.901. The molecule has 0 heterocycles. The van der Waals surface area contributed by atoms with E-state index in [1.807, 2.05) is 26.0 Å². The van der Waals surface area contributed by atoms with Crippen LogP contribution in [0.2, 0.25) is 0 Å². The van der Waals surface area contributed by atoms with E-state index in [9.17, 15) is 19.8 Å². The van der Waals surface area contributed by atoms with Gasteiger partial charge in [-0.05, 0) is 31.1 Å². The standard InChI is InChI=1S/C15H23NO4/c1-3-15(20,4-2)8-16-13(17)11-9-5-6-10(7-9)12(11)14(18)19/h5-6,9-12,20H,3-4,7-8H2,1-2H3,(H,16,17)(H,18,19)/t9?,10?,11-,12+/m0/s1. The molecule has 0 aromatic heterocycles. The maximum Gasteiger partial charge on any atom is 0.307 e. The molecule has 2 rings (SSSR count). The molecule has 5 nitrogen and oxygen atoms in total. The van der Waals surface area contributed by atoms with Crippen molar-refractivity contribution in [3.05, 3.63) is 12.2 Å². The lowest BCUT2D eigenvalue weighted by atomic mass is 9.82. The van der Waals surface area contributed by atoms with Crippen LogP contribution in [0.1, 0.15) is 33.1 Å². The van der Waals surface area contributed by atoms with Crippen LogP contribution in [0.5, 0.6) is 0 Å². The Labute approximate surface area is 119 Å². The van der Waals surface area contributed by atoms with Gasteiger partial charge >= 0.3 is 5.97 Å². The predicted molar refractivity (Wildman–Crippen MR) is 73.9 cm³/mol. The van der Waals surface area contributed by atoms with Crippen molar-refractivity contribution < 1.29 is 19.8 Å². The summed E-state index contributed by atoms with van der Waals surface area (Å²) >= 11 is 0. The Balaban J connectivity index is 2.02. The second-order valence-corrected chi connectivity index (χ2v) is 5.99. The van der Waals surface area contributed by atoms with Crippen molar-refractivity contribution in [2.45, 2.75) is 38.7 Å². The van der Waals surface area contributed by atoms with Gasteiger partial charge in [-0.3, -0.25) is 9.59 Å². The first-order chi connectivity index (χ1) is 9.41. The first-order valence-electron chi connectivity index (χ1n) is 7.33. The third kappa shape index (κ3) is 2.59. The van der Waals surface area contributed by atoms with Crippen molar-refractivity contribution in [1.82, 2.24) is 5.32 Å². The lowest BCUT2D eigenvalue weighted by molar-refractivity contribution is -0.148. The van der Waals surface area contributed by atoms with Gasteiger partial charge in [-0.1, -0.05) is 26.0 Å². The number of hydrogen-bond donors (Lipinski definition) is 3. The highest BCUT2D eigenvalue weighted by molar-refractivity contribution is 5.86. The molecule has 2 unspecified atom stereocenters. The molecule has 20 heavy (non-hydrogen) atoms. The highest BCUT2D eigenvalue weighted by atomic mass is 16.4. The topological polar surface area (TPSA) is 86.6 Å². The molecule has 0 aromatic rings. The Morgan fingerprint density at radius 3 is 2.25 bits per heavy atom. The van der Waals surface area contributed by atoms with E-state index in [1.54, 1.807) is 0 Å². The Morgan fingerprint density at radius 2 is 1.75 bits per heavy atom. The van der Waals surface area contributed by atoms with Crippen LogP contribution in [0, 0.1) is 23.7 Å². The Hall–Kier alpha value is -1.36. The Bertz CT molecular complexity index is 428. The summed E-state index contributed by atoms with van der Waals surface area (Å²) in [6.45, 7) is 3.93. The van der Waals surface area contributed by atoms with Crippen molar-refractivity contribution in [2.24, 2.45) is 23.7 Å². The molecule has 1 amide bonds. The molecule has 0 radical (unpaired) electrons. The van der Waals surface area contributed by atoms with Gasteiger partial charge in [0.25, 0.3) is 0 Å². The molecule has 4 atom stereocenters. The zero-order chi connectivity index (χ0) is 14.9. The molecule has 0 saturated heterocycles. The first kappa shape index (κ1) is 15.0.